The number of carbonyl (C=O) groups is 3. The Kier molecular flexibility index (Phi) is 9.45. The maximum absolute atomic E-state index is 13.2. The van der Waals surface area contributed by atoms with Crippen LogP contribution in [0.1, 0.15) is 49.5 Å². The van der Waals surface area contributed by atoms with Gasteiger partial charge in [0.25, 0.3) is 11.5 Å². The van der Waals surface area contributed by atoms with E-state index in [1.54, 1.807) is 24.4 Å². The second-order valence-corrected chi connectivity index (χ2v) is 11.2. The van der Waals surface area contributed by atoms with Crippen molar-refractivity contribution in [1.82, 2.24) is 14.3 Å². The van der Waals surface area contributed by atoms with Gasteiger partial charge in [-0.2, -0.15) is 5.10 Å². The Hall–Kier alpha value is -3.24. The molecule has 3 rings (SSSR count). The molecular weight excluding hydrogens is 518 g/mol. The molecule has 198 valence electrons. The molecule has 0 N–H and O–H groups in total. The van der Waals surface area contributed by atoms with Gasteiger partial charge in [-0.05, 0) is 43.2 Å². The highest BCUT2D eigenvalue weighted by atomic mass is 35.5. The number of rotatable bonds is 10. The summed E-state index contributed by atoms with van der Waals surface area (Å²) in [6, 6.07) is 8.90. The Balaban J connectivity index is 1.79. The molecule has 3 aromatic heterocycles. The number of hydrogen-bond donors (Lipinski definition) is 0. The van der Waals surface area contributed by atoms with E-state index in [1.165, 1.54) is 27.5 Å². The number of hydrogen-bond acceptors (Lipinski definition) is 8. The summed E-state index contributed by atoms with van der Waals surface area (Å²) in [4.78, 5) is 50.2. The quantitative estimate of drug-likeness (QED) is 0.273. The highest BCUT2D eigenvalue weighted by Crippen LogP contribution is 2.25. The molecule has 0 aliphatic carbocycles. The first kappa shape index (κ1) is 28.3. The lowest BCUT2D eigenvalue weighted by Crippen LogP contribution is -2.29. The molecule has 0 aliphatic heterocycles. The number of aryl methyl sites for hydroxylation is 3. The summed E-state index contributed by atoms with van der Waals surface area (Å²) in [5.74, 6) is -1.14. The fourth-order valence-corrected chi connectivity index (χ4v) is 4.58. The molecule has 0 bridgehead atoms. The molecular formula is C26H30ClN3O6S. The average molecular weight is 548 g/mol. The van der Waals surface area contributed by atoms with Crippen LogP contribution < -0.4 is 5.56 Å². The van der Waals surface area contributed by atoms with Crippen molar-refractivity contribution in [2.45, 2.75) is 53.5 Å². The molecule has 11 heteroatoms. The smallest absolute Gasteiger partial charge is 0.307 e. The van der Waals surface area contributed by atoms with Crippen LogP contribution in [0.4, 0.5) is 0 Å². The third kappa shape index (κ3) is 7.87. The molecule has 0 aliphatic rings. The van der Waals surface area contributed by atoms with Crippen LogP contribution >= 0.6 is 22.9 Å². The highest BCUT2D eigenvalue weighted by molar-refractivity contribution is 7.16. The first-order chi connectivity index (χ1) is 17.5. The minimum atomic E-state index is -0.670. The predicted molar refractivity (Wildman–Crippen MR) is 141 cm³/mol. The number of aromatic nitrogens is 3. The van der Waals surface area contributed by atoms with Crippen molar-refractivity contribution in [3.05, 3.63) is 61.8 Å². The molecule has 0 saturated carbocycles. The van der Waals surface area contributed by atoms with Crippen LogP contribution in [0.3, 0.4) is 0 Å². The van der Waals surface area contributed by atoms with Gasteiger partial charge < -0.3 is 14.0 Å². The van der Waals surface area contributed by atoms with Crippen molar-refractivity contribution in [3.8, 4) is 11.3 Å². The average Bonchev–Trinajstić information content (AvgIpc) is 3.44. The fourth-order valence-electron chi connectivity index (χ4n) is 3.49. The molecule has 0 amide bonds. The van der Waals surface area contributed by atoms with E-state index in [0.717, 1.165) is 4.88 Å². The van der Waals surface area contributed by atoms with Crippen LogP contribution in [0, 0.1) is 5.41 Å². The Morgan fingerprint density at radius 2 is 1.81 bits per heavy atom. The monoisotopic (exact) mass is 547 g/mol. The van der Waals surface area contributed by atoms with Gasteiger partial charge in [-0.3, -0.25) is 19.2 Å². The molecule has 3 heterocycles. The largest absolute Gasteiger partial charge is 0.462 e. The molecule has 0 unspecified atom stereocenters. The maximum atomic E-state index is 13.2. The molecule has 0 saturated heterocycles. The van der Waals surface area contributed by atoms with Crippen LogP contribution in [-0.4, -0.2) is 45.4 Å². The van der Waals surface area contributed by atoms with Crippen molar-refractivity contribution >= 4 is 40.8 Å². The zero-order valence-electron chi connectivity index (χ0n) is 21.3. The van der Waals surface area contributed by atoms with Crippen LogP contribution in [0.5, 0.6) is 0 Å². The van der Waals surface area contributed by atoms with Crippen molar-refractivity contribution < 1.29 is 23.9 Å². The first-order valence-corrected chi connectivity index (χ1v) is 13.0. The van der Waals surface area contributed by atoms with Gasteiger partial charge in [0.1, 0.15) is 13.2 Å². The molecule has 0 fully saturated rings. The molecule has 0 atom stereocenters. The van der Waals surface area contributed by atoms with Crippen molar-refractivity contribution in [2.75, 3.05) is 13.2 Å². The van der Waals surface area contributed by atoms with E-state index < -0.39 is 17.4 Å². The number of nitrogens with zero attached hydrogens (tertiary/aromatic N) is 3. The Morgan fingerprint density at radius 3 is 2.46 bits per heavy atom. The summed E-state index contributed by atoms with van der Waals surface area (Å²) in [5, 5.41) is 4.52. The third-order valence-electron chi connectivity index (χ3n) is 5.38. The summed E-state index contributed by atoms with van der Waals surface area (Å²) < 4.78 is 13.2. The van der Waals surface area contributed by atoms with Crippen molar-refractivity contribution in [3.63, 3.8) is 0 Å². The fraction of sp³-hybridized carbons (Fsp3) is 0.423. The summed E-state index contributed by atoms with van der Waals surface area (Å²) in [5.41, 5.74) is 0.411. The molecule has 0 aromatic carbocycles. The van der Waals surface area contributed by atoms with Gasteiger partial charge in [0, 0.05) is 35.7 Å². The highest BCUT2D eigenvalue weighted by Gasteiger charge is 2.27. The van der Waals surface area contributed by atoms with Gasteiger partial charge in [-0.25, -0.2) is 4.68 Å². The van der Waals surface area contributed by atoms with E-state index >= 15 is 0 Å². The van der Waals surface area contributed by atoms with E-state index in [4.69, 9.17) is 21.1 Å². The summed E-state index contributed by atoms with van der Waals surface area (Å²) in [6.07, 6.45) is 2.77. The molecule has 3 aromatic rings. The minimum Gasteiger partial charge on any atom is -0.462 e. The van der Waals surface area contributed by atoms with Crippen LogP contribution in [0.2, 0.25) is 4.34 Å². The van der Waals surface area contributed by atoms with E-state index in [0.29, 0.717) is 34.1 Å². The number of pyridine rings is 1. The standard InChI is InChI=1S/C26H30ClN3O6S/c1-17(31)35-14-15-36-23(32)11-13-29-12-5-6-20(24(29)33)21-16-18(7-8-19-9-10-22(27)37-19)30(28-21)25(34)26(2,3)4/h5-6,9-10,12,16H,7-8,11,13-15H2,1-4H3. The van der Waals surface area contributed by atoms with Crippen LogP contribution in [0.15, 0.2) is 41.3 Å². The minimum absolute atomic E-state index is 0.0195. The maximum Gasteiger partial charge on any atom is 0.307 e. The number of halogens is 1. The second-order valence-electron chi connectivity index (χ2n) is 9.42. The summed E-state index contributed by atoms with van der Waals surface area (Å²) in [7, 11) is 0. The predicted octanol–water partition coefficient (Wildman–Crippen LogP) is 4.39. The van der Waals surface area contributed by atoms with Gasteiger partial charge >= 0.3 is 11.9 Å². The Labute approximate surface area is 224 Å². The Morgan fingerprint density at radius 1 is 1.08 bits per heavy atom. The van der Waals surface area contributed by atoms with E-state index in [-0.39, 0.29) is 37.6 Å². The molecule has 0 spiro atoms. The van der Waals surface area contributed by atoms with Gasteiger partial charge in [-0.15, -0.1) is 11.3 Å². The molecule has 37 heavy (non-hydrogen) atoms. The topological polar surface area (TPSA) is 109 Å². The number of carbonyl (C=O) groups excluding carboxylic acids is 3. The normalized spacial score (nSPS) is 11.4. The number of ether oxygens (including phenoxy) is 2. The summed E-state index contributed by atoms with van der Waals surface area (Å²) >= 11 is 7.54. The van der Waals surface area contributed by atoms with Crippen molar-refractivity contribution in [2.24, 2.45) is 5.41 Å². The number of esters is 2. The van der Waals surface area contributed by atoms with Crippen LogP contribution in [0.25, 0.3) is 11.3 Å². The third-order valence-corrected chi connectivity index (χ3v) is 6.67. The van der Waals surface area contributed by atoms with Crippen LogP contribution in [-0.2, 0) is 38.4 Å². The van der Waals surface area contributed by atoms with Gasteiger partial charge in [-0.1, -0.05) is 32.4 Å². The zero-order chi connectivity index (χ0) is 27.2. The first-order valence-electron chi connectivity index (χ1n) is 11.8. The lowest BCUT2D eigenvalue weighted by atomic mass is 9.95. The van der Waals surface area contributed by atoms with Gasteiger partial charge in [0.05, 0.1) is 22.0 Å². The Bertz CT molecular complexity index is 1330. The lowest BCUT2D eigenvalue weighted by Gasteiger charge is -2.17. The molecule has 9 nitrogen and oxygen atoms in total. The SMILES string of the molecule is CC(=O)OCCOC(=O)CCn1cccc(-c2cc(CCc3ccc(Cl)s3)n(C(=O)C(C)(C)C)n2)c1=O. The second kappa shape index (κ2) is 12.3. The van der Waals surface area contributed by atoms with E-state index in [2.05, 4.69) is 5.10 Å². The lowest BCUT2D eigenvalue weighted by molar-refractivity contribution is -0.151. The summed E-state index contributed by atoms with van der Waals surface area (Å²) in [6.45, 7) is 6.76. The van der Waals surface area contributed by atoms with Crippen molar-refractivity contribution in [1.29, 1.82) is 0 Å². The molecule has 0 radical (unpaired) electrons. The van der Waals surface area contributed by atoms with Gasteiger partial charge in [0.2, 0.25) is 0 Å². The van der Waals surface area contributed by atoms with E-state index in [1.807, 2.05) is 32.9 Å². The van der Waals surface area contributed by atoms with Gasteiger partial charge in [0.15, 0.2) is 0 Å². The number of thiophene rings is 1. The zero-order valence-corrected chi connectivity index (χ0v) is 22.9. The van der Waals surface area contributed by atoms with E-state index in [9.17, 15) is 19.2 Å².